The Labute approximate surface area is 160 Å². The average Bonchev–Trinajstić information content (AvgIpc) is 2.71. The molecule has 0 saturated heterocycles. The lowest BCUT2D eigenvalue weighted by Crippen LogP contribution is -2.38. The molecular formula is C23H25N3O. The van der Waals surface area contributed by atoms with Crippen LogP contribution in [0.25, 0.3) is 16.8 Å². The van der Waals surface area contributed by atoms with E-state index >= 15 is 0 Å². The van der Waals surface area contributed by atoms with Gasteiger partial charge in [0.15, 0.2) is 0 Å². The molecule has 27 heavy (non-hydrogen) atoms. The Hall–Kier alpha value is -3.11. The molecule has 0 bridgehead atoms. The zero-order chi connectivity index (χ0) is 19.2. The number of fused-ring (bicyclic) bond motifs is 1. The third kappa shape index (κ3) is 4.54. The third-order valence-corrected chi connectivity index (χ3v) is 4.77. The van der Waals surface area contributed by atoms with Crippen molar-refractivity contribution >= 4 is 22.8 Å². The van der Waals surface area contributed by atoms with Gasteiger partial charge in [0.25, 0.3) is 5.91 Å². The summed E-state index contributed by atoms with van der Waals surface area (Å²) in [5.74, 6) is 5.41. The van der Waals surface area contributed by atoms with Gasteiger partial charge in [0.1, 0.15) is 5.70 Å². The molecule has 1 atom stereocenters. The summed E-state index contributed by atoms with van der Waals surface area (Å²) in [6.45, 7) is 2.86. The molecule has 1 unspecified atom stereocenters. The van der Waals surface area contributed by atoms with Crippen molar-refractivity contribution in [3.8, 4) is 0 Å². The number of nitrogens with two attached hydrogens (primary N) is 1. The quantitative estimate of drug-likeness (QED) is 0.304. The Morgan fingerprint density at radius 1 is 1.04 bits per heavy atom. The molecule has 4 heteroatoms. The van der Waals surface area contributed by atoms with Gasteiger partial charge in [-0.3, -0.25) is 10.2 Å². The number of hydrogen-bond donors (Lipinski definition) is 2. The minimum atomic E-state index is -0.300. The molecular weight excluding hydrogens is 334 g/mol. The smallest absolute Gasteiger partial charge is 0.281 e. The minimum Gasteiger partial charge on any atom is -0.369 e. The summed E-state index contributed by atoms with van der Waals surface area (Å²) in [7, 11) is 1.92. The number of rotatable bonds is 6. The van der Waals surface area contributed by atoms with Crippen molar-refractivity contribution in [3.63, 3.8) is 0 Å². The van der Waals surface area contributed by atoms with Crippen LogP contribution in [0.2, 0.25) is 0 Å². The second kappa shape index (κ2) is 8.52. The standard InChI is InChI=1S/C23H25N3O/c1-17(19-8-4-3-5-9-19)16-26(2)22(23(27)25-24)15-18-12-13-20-10-6-7-11-21(20)14-18/h3-15,17H,16,24H2,1-2H3,(H,25,27)/b22-15+. The van der Waals surface area contributed by atoms with E-state index in [-0.39, 0.29) is 11.8 Å². The maximum Gasteiger partial charge on any atom is 0.281 e. The molecule has 3 rings (SSSR count). The molecule has 0 spiro atoms. The Morgan fingerprint density at radius 3 is 2.41 bits per heavy atom. The molecule has 3 N–H and O–H groups in total. The van der Waals surface area contributed by atoms with Gasteiger partial charge in [-0.2, -0.15) is 0 Å². The molecule has 0 aliphatic heterocycles. The lowest BCUT2D eigenvalue weighted by atomic mass is 10.0. The molecule has 138 valence electrons. The number of likely N-dealkylation sites (N-methyl/N-ethyl adjacent to an activating group) is 1. The number of hydrazine groups is 1. The van der Waals surface area contributed by atoms with Crippen LogP contribution in [-0.2, 0) is 4.79 Å². The van der Waals surface area contributed by atoms with E-state index in [1.165, 1.54) is 10.9 Å². The zero-order valence-corrected chi connectivity index (χ0v) is 15.7. The summed E-state index contributed by atoms with van der Waals surface area (Å²) in [6, 6.07) is 24.6. The number of hydrogen-bond acceptors (Lipinski definition) is 3. The molecule has 0 aromatic heterocycles. The van der Waals surface area contributed by atoms with Crippen LogP contribution in [0.3, 0.4) is 0 Å². The lowest BCUT2D eigenvalue weighted by molar-refractivity contribution is -0.118. The summed E-state index contributed by atoms with van der Waals surface area (Å²) in [5.41, 5.74) is 5.01. The predicted octanol–water partition coefficient (Wildman–Crippen LogP) is 3.91. The van der Waals surface area contributed by atoms with E-state index in [4.69, 9.17) is 5.84 Å². The van der Waals surface area contributed by atoms with Gasteiger partial charge in [-0.1, -0.05) is 73.7 Å². The fourth-order valence-corrected chi connectivity index (χ4v) is 3.27. The van der Waals surface area contributed by atoms with E-state index in [1.54, 1.807) is 0 Å². The van der Waals surface area contributed by atoms with Gasteiger partial charge in [0.2, 0.25) is 0 Å². The molecule has 3 aromatic rings. The molecule has 0 radical (unpaired) electrons. The Balaban J connectivity index is 1.87. The van der Waals surface area contributed by atoms with Gasteiger partial charge in [0, 0.05) is 13.6 Å². The van der Waals surface area contributed by atoms with Crippen molar-refractivity contribution in [3.05, 3.63) is 89.6 Å². The first-order chi connectivity index (χ1) is 13.1. The molecule has 0 saturated carbocycles. The normalized spacial score (nSPS) is 12.6. The van der Waals surface area contributed by atoms with E-state index < -0.39 is 0 Å². The average molecular weight is 359 g/mol. The summed E-state index contributed by atoms with van der Waals surface area (Å²) >= 11 is 0. The summed E-state index contributed by atoms with van der Waals surface area (Å²) in [4.78, 5) is 14.3. The van der Waals surface area contributed by atoms with Crippen LogP contribution in [0.4, 0.5) is 0 Å². The Kier molecular flexibility index (Phi) is 5.89. The number of carbonyl (C=O) groups excluding carboxylic acids is 1. The fourth-order valence-electron chi connectivity index (χ4n) is 3.27. The molecule has 3 aromatic carbocycles. The molecule has 4 nitrogen and oxygen atoms in total. The van der Waals surface area contributed by atoms with Crippen molar-refractivity contribution in [2.75, 3.05) is 13.6 Å². The molecule has 1 amide bonds. The van der Waals surface area contributed by atoms with Gasteiger partial charge < -0.3 is 4.90 Å². The highest BCUT2D eigenvalue weighted by molar-refractivity contribution is 5.97. The van der Waals surface area contributed by atoms with Gasteiger partial charge >= 0.3 is 0 Å². The van der Waals surface area contributed by atoms with Crippen molar-refractivity contribution in [2.24, 2.45) is 5.84 Å². The summed E-state index contributed by atoms with van der Waals surface area (Å²) in [6.07, 6.45) is 1.88. The molecule has 0 fully saturated rings. The van der Waals surface area contributed by atoms with E-state index in [2.05, 4.69) is 48.7 Å². The number of nitrogens with one attached hydrogen (secondary N) is 1. The number of carbonyl (C=O) groups is 1. The number of benzene rings is 3. The largest absolute Gasteiger partial charge is 0.369 e. The Bertz CT molecular complexity index is 950. The van der Waals surface area contributed by atoms with Crippen molar-refractivity contribution in [1.82, 2.24) is 10.3 Å². The van der Waals surface area contributed by atoms with Gasteiger partial charge in [0.05, 0.1) is 0 Å². The van der Waals surface area contributed by atoms with Gasteiger partial charge in [-0.25, -0.2) is 5.84 Å². The van der Waals surface area contributed by atoms with Crippen LogP contribution in [0.5, 0.6) is 0 Å². The molecule has 0 aliphatic rings. The maximum absolute atomic E-state index is 12.4. The van der Waals surface area contributed by atoms with Crippen molar-refractivity contribution < 1.29 is 4.79 Å². The summed E-state index contributed by atoms with van der Waals surface area (Å²) in [5, 5.41) is 2.31. The van der Waals surface area contributed by atoms with Crippen LogP contribution in [0.15, 0.2) is 78.5 Å². The highest BCUT2D eigenvalue weighted by Gasteiger charge is 2.16. The molecule has 0 heterocycles. The van der Waals surface area contributed by atoms with Crippen LogP contribution >= 0.6 is 0 Å². The van der Waals surface area contributed by atoms with Crippen LogP contribution < -0.4 is 11.3 Å². The van der Waals surface area contributed by atoms with Gasteiger partial charge in [-0.05, 0) is 40.0 Å². The topological polar surface area (TPSA) is 58.4 Å². The van der Waals surface area contributed by atoms with E-state index in [1.807, 2.05) is 54.4 Å². The highest BCUT2D eigenvalue weighted by Crippen LogP contribution is 2.21. The van der Waals surface area contributed by atoms with E-state index in [9.17, 15) is 4.79 Å². The summed E-state index contributed by atoms with van der Waals surface area (Å²) < 4.78 is 0. The van der Waals surface area contributed by atoms with Crippen LogP contribution in [0.1, 0.15) is 24.0 Å². The van der Waals surface area contributed by atoms with Crippen molar-refractivity contribution in [1.29, 1.82) is 0 Å². The van der Waals surface area contributed by atoms with E-state index in [0.717, 1.165) is 10.9 Å². The third-order valence-electron chi connectivity index (χ3n) is 4.77. The van der Waals surface area contributed by atoms with Crippen molar-refractivity contribution in [2.45, 2.75) is 12.8 Å². The van der Waals surface area contributed by atoms with Crippen LogP contribution in [0, 0.1) is 0 Å². The second-order valence-corrected chi connectivity index (χ2v) is 6.80. The van der Waals surface area contributed by atoms with Crippen LogP contribution in [-0.4, -0.2) is 24.4 Å². The first kappa shape index (κ1) is 18.7. The predicted molar refractivity (Wildman–Crippen MR) is 112 cm³/mol. The van der Waals surface area contributed by atoms with E-state index in [0.29, 0.717) is 12.2 Å². The number of nitrogens with zero attached hydrogens (tertiary/aromatic N) is 1. The fraction of sp³-hybridized carbons (Fsp3) is 0.174. The first-order valence-electron chi connectivity index (χ1n) is 9.06. The zero-order valence-electron chi connectivity index (χ0n) is 15.7. The van der Waals surface area contributed by atoms with Gasteiger partial charge in [-0.15, -0.1) is 0 Å². The first-order valence-corrected chi connectivity index (χ1v) is 9.06. The number of amides is 1. The highest BCUT2D eigenvalue weighted by atomic mass is 16.2. The monoisotopic (exact) mass is 359 g/mol. The lowest BCUT2D eigenvalue weighted by Gasteiger charge is -2.25. The maximum atomic E-state index is 12.4. The Morgan fingerprint density at radius 2 is 1.70 bits per heavy atom. The molecule has 0 aliphatic carbocycles. The SMILES string of the molecule is CC(CN(C)/C(=C/c1ccc2ccccc2c1)C(=O)NN)c1ccccc1. The second-order valence-electron chi connectivity index (χ2n) is 6.80. The minimum absolute atomic E-state index is 0.279.